The maximum atomic E-state index is 13.6. The average Bonchev–Trinajstić information content (AvgIpc) is 2.29. The Balaban J connectivity index is 1.76. The van der Waals surface area contributed by atoms with Gasteiger partial charge in [-0.25, -0.2) is 4.39 Å². The van der Waals surface area contributed by atoms with Crippen molar-refractivity contribution in [2.45, 2.75) is 37.6 Å². The maximum Gasteiger partial charge on any atom is 0.323 e. The fourth-order valence-electron chi connectivity index (χ4n) is 3.80. The number of carbonyl (C=O) groups is 1. The van der Waals surface area contributed by atoms with E-state index in [9.17, 15) is 9.18 Å². The Labute approximate surface area is 111 Å². The van der Waals surface area contributed by atoms with Gasteiger partial charge in [-0.2, -0.15) is 0 Å². The fourth-order valence-corrected chi connectivity index (χ4v) is 3.80. The maximum absolute atomic E-state index is 13.6. The van der Waals surface area contributed by atoms with E-state index in [1.54, 1.807) is 13.0 Å². The van der Waals surface area contributed by atoms with Gasteiger partial charge in [-0.15, -0.1) is 0 Å². The Hall–Kier alpha value is -1.42. The molecule has 0 aromatic heterocycles. The van der Waals surface area contributed by atoms with E-state index in [0.29, 0.717) is 5.56 Å². The third-order valence-electron chi connectivity index (χ3n) is 4.97. The molecule has 1 atom stereocenters. The van der Waals surface area contributed by atoms with Crippen LogP contribution >= 0.6 is 0 Å². The first-order valence-electron chi connectivity index (χ1n) is 6.53. The van der Waals surface area contributed by atoms with Gasteiger partial charge in [0.15, 0.2) is 0 Å². The molecule has 4 heteroatoms. The van der Waals surface area contributed by atoms with Gasteiger partial charge in [0, 0.05) is 0 Å². The molecule has 3 saturated carbocycles. The second-order valence-electron chi connectivity index (χ2n) is 6.14. The molecule has 1 aromatic rings. The smallest absolute Gasteiger partial charge is 0.323 e. The zero-order valence-corrected chi connectivity index (χ0v) is 11.2. The molecule has 0 heterocycles. The summed E-state index contributed by atoms with van der Waals surface area (Å²) < 4.78 is 18.3. The van der Waals surface area contributed by atoms with Gasteiger partial charge >= 0.3 is 5.97 Å². The lowest BCUT2D eigenvalue weighted by atomic mass is 9.31. The van der Waals surface area contributed by atoms with E-state index in [0.717, 1.165) is 24.8 Å². The number of ether oxygens (including phenoxy) is 1. The van der Waals surface area contributed by atoms with E-state index >= 15 is 0 Å². The van der Waals surface area contributed by atoms with Crippen molar-refractivity contribution in [1.82, 2.24) is 0 Å². The van der Waals surface area contributed by atoms with Gasteiger partial charge < -0.3 is 10.5 Å². The Morgan fingerprint density at radius 1 is 1.42 bits per heavy atom. The molecule has 1 unspecified atom stereocenters. The van der Waals surface area contributed by atoms with Crippen LogP contribution in [0.3, 0.4) is 0 Å². The molecular formula is C15H18FNO2. The zero-order valence-electron chi connectivity index (χ0n) is 11.2. The highest BCUT2D eigenvalue weighted by atomic mass is 19.1. The molecule has 2 bridgehead atoms. The standard InChI is InChI=1S/C15H18FNO2/c1-9-3-4-10(5-11(9)16)14-6-15(7-14,8-14)12(17)13(18)19-2/h3-5,12H,6-8,17H2,1-2H3. The molecule has 3 nitrogen and oxygen atoms in total. The number of benzene rings is 1. The highest BCUT2D eigenvalue weighted by Gasteiger charge is 2.71. The summed E-state index contributed by atoms with van der Waals surface area (Å²) in [7, 11) is 1.36. The highest BCUT2D eigenvalue weighted by Crippen LogP contribution is 2.74. The van der Waals surface area contributed by atoms with Crippen molar-refractivity contribution >= 4 is 5.97 Å². The van der Waals surface area contributed by atoms with Crippen LogP contribution in [-0.4, -0.2) is 19.1 Å². The van der Waals surface area contributed by atoms with Crippen LogP contribution in [0.2, 0.25) is 0 Å². The predicted molar refractivity (Wildman–Crippen MR) is 69.1 cm³/mol. The topological polar surface area (TPSA) is 52.3 Å². The average molecular weight is 263 g/mol. The second-order valence-corrected chi connectivity index (χ2v) is 6.14. The number of halogens is 1. The molecule has 3 fully saturated rings. The van der Waals surface area contributed by atoms with E-state index in [1.165, 1.54) is 7.11 Å². The first-order chi connectivity index (χ1) is 8.92. The SMILES string of the molecule is COC(=O)C(N)C12CC(c3ccc(C)c(F)c3)(C1)C2. The molecule has 3 aliphatic rings. The normalized spacial score (nSPS) is 33.1. The van der Waals surface area contributed by atoms with E-state index < -0.39 is 6.04 Å². The predicted octanol–water partition coefficient (Wildman–Crippen LogP) is 2.06. The lowest BCUT2D eigenvalue weighted by Crippen LogP contribution is -2.72. The quantitative estimate of drug-likeness (QED) is 0.849. The van der Waals surface area contributed by atoms with Crippen molar-refractivity contribution in [1.29, 1.82) is 0 Å². The van der Waals surface area contributed by atoms with Crippen LogP contribution in [0.5, 0.6) is 0 Å². The number of methoxy groups -OCH3 is 1. The summed E-state index contributed by atoms with van der Waals surface area (Å²) in [6.45, 7) is 1.76. The van der Waals surface area contributed by atoms with Crippen LogP contribution in [0.15, 0.2) is 18.2 Å². The third kappa shape index (κ3) is 1.56. The Bertz CT molecular complexity index is 535. The number of rotatable bonds is 3. The van der Waals surface area contributed by atoms with Crippen LogP contribution in [0.4, 0.5) is 4.39 Å². The van der Waals surface area contributed by atoms with Crippen molar-refractivity contribution in [3.05, 3.63) is 35.1 Å². The first-order valence-corrected chi connectivity index (χ1v) is 6.53. The molecule has 3 aliphatic carbocycles. The van der Waals surface area contributed by atoms with E-state index in [1.807, 2.05) is 12.1 Å². The number of esters is 1. The minimum absolute atomic E-state index is 0.0418. The minimum Gasteiger partial charge on any atom is -0.468 e. The number of hydrogen-bond acceptors (Lipinski definition) is 3. The Morgan fingerprint density at radius 3 is 2.58 bits per heavy atom. The van der Waals surface area contributed by atoms with Crippen molar-refractivity contribution in [3.8, 4) is 0 Å². The lowest BCUT2D eigenvalue weighted by molar-refractivity contribution is -0.181. The molecule has 4 rings (SSSR count). The molecule has 0 saturated heterocycles. The summed E-state index contributed by atoms with van der Waals surface area (Å²) in [4.78, 5) is 11.5. The van der Waals surface area contributed by atoms with Crippen molar-refractivity contribution < 1.29 is 13.9 Å². The fraction of sp³-hybridized carbons (Fsp3) is 0.533. The van der Waals surface area contributed by atoms with Gasteiger partial charge in [0.2, 0.25) is 0 Å². The van der Waals surface area contributed by atoms with E-state index in [4.69, 9.17) is 10.5 Å². The summed E-state index contributed by atoms with van der Waals surface area (Å²) >= 11 is 0. The Kier molecular flexibility index (Phi) is 2.52. The van der Waals surface area contributed by atoms with Crippen LogP contribution in [0.25, 0.3) is 0 Å². The number of hydrogen-bond donors (Lipinski definition) is 1. The van der Waals surface area contributed by atoms with Gasteiger partial charge in [-0.3, -0.25) is 4.79 Å². The zero-order chi connectivity index (χ0) is 13.8. The molecule has 0 aliphatic heterocycles. The first kappa shape index (κ1) is 12.6. The van der Waals surface area contributed by atoms with Crippen LogP contribution in [0, 0.1) is 18.2 Å². The summed E-state index contributed by atoms with van der Waals surface area (Å²) in [5.74, 6) is -0.503. The van der Waals surface area contributed by atoms with Crippen molar-refractivity contribution in [2.24, 2.45) is 11.1 Å². The Morgan fingerprint density at radius 2 is 2.05 bits per heavy atom. The molecule has 19 heavy (non-hydrogen) atoms. The molecular weight excluding hydrogens is 245 g/mol. The summed E-state index contributed by atoms with van der Waals surface area (Å²) in [6.07, 6.45) is 2.58. The van der Waals surface area contributed by atoms with Gasteiger partial charge in [-0.1, -0.05) is 12.1 Å². The minimum atomic E-state index is -0.547. The molecule has 2 N–H and O–H groups in total. The van der Waals surface area contributed by atoms with Gasteiger partial charge in [0.1, 0.15) is 11.9 Å². The number of aryl methyl sites for hydroxylation is 1. The lowest BCUT2D eigenvalue weighted by Gasteiger charge is -2.72. The van der Waals surface area contributed by atoms with Gasteiger partial charge in [0.05, 0.1) is 7.11 Å². The monoisotopic (exact) mass is 263 g/mol. The van der Waals surface area contributed by atoms with E-state index in [2.05, 4.69) is 0 Å². The van der Waals surface area contributed by atoms with Crippen LogP contribution < -0.4 is 5.73 Å². The second kappa shape index (κ2) is 3.79. The van der Waals surface area contributed by atoms with Crippen molar-refractivity contribution in [2.75, 3.05) is 7.11 Å². The van der Waals surface area contributed by atoms with Crippen LogP contribution in [-0.2, 0) is 14.9 Å². The number of carbonyl (C=O) groups excluding carboxylic acids is 1. The summed E-state index contributed by atoms with van der Waals surface area (Å²) in [5.41, 5.74) is 7.57. The van der Waals surface area contributed by atoms with Gasteiger partial charge in [-0.05, 0) is 54.2 Å². The largest absolute Gasteiger partial charge is 0.468 e. The van der Waals surface area contributed by atoms with Gasteiger partial charge in [0.25, 0.3) is 0 Å². The summed E-state index contributed by atoms with van der Waals surface area (Å²) in [5, 5.41) is 0. The third-order valence-corrected chi connectivity index (χ3v) is 4.97. The van der Waals surface area contributed by atoms with Crippen molar-refractivity contribution in [3.63, 3.8) is 0 Å². The molecule has 0 amide bonds. The molecule has 0 radical (unpaired) electrons. The molecule has 0 spiro atoms. The highest BCUT2D eigenvalue weighted by molar-refractivity contribution is 5.77. The summed E-state index contributed by atoms with van der Waals surface area (Å²) in [6, 6.07) is 4.89. The molecule has 1 aromatic carbocycles. The number of nitrogens with two attached hydrogens (primary N) is 1. The van der Waals surface area contributed by atoms with E-state index in [-0.39, 0.29) is 22.6 Å². The molecule has 102 valence electrons. The van der Waals surface area contributed by atoms with Crippen LogP contribution in [0.1, 0.15) is 30.4 Å².